The van der Waals surface area contributed by atoms with Gasteiger partial charge in [-0.1, -0.05) is 24.8 Å². The smallest absolute Gasteiger partial charge is 0.305 e. The molecule has 1 aliphatic rings. The predicted octanol–water partition coefficient (Wildman–Crippen LogP) is 2.49. The molecule has 124 valence electrons. The minimum atomic E-state index is -0.859. The number of nitrogens with zero attached hydrogens (tertiary/aromatic N) is 1. The van der Waals surface area contributed by atoms with Gasteiger partial charge >= 0.3 is 5.97 Å². The van der Waals surface area contributed by atoms with Crippen LogP contribution in [0.2, 0.25) is 0 Å². The van der Waals surface area contributed by atoms with E-state index in [1.807, 2.05) is 26.0 Å². The van der Waals surface area contributed by atoms with Gasteiger partial charge in [0.25, 0.3) is 5.91 Å². The molecule has 2 unspecified atom stereocenters. The number of aryl methyl sites for hydroxylation is 1. The molecular weight excluding hydrogens is 314 g/mol. The largest absolute Gasteiger partial charge is 0.481 e. The van der Waals surface area contributed by atoms with Crippen molar-refractivity contribution < 1.29 is 14.7 Å². The Morgan fingerprint density at radius 2 is 2.09 bits per heavy atom. The van der Waals surface area contributed by atoms with Gasteiger partial charge in [-0.25, -0.2) is 0 Å². The third kappa shape index (κ3) is 4.72. The number of benzene rings is 1. The molecule has 1 aliphatic heterocycles. The third-order valence-electron chi connectivity index (χ3n) is 3.67. The molecule has 1 aromatic rings. The number of carbonyl (C=O) groups excluding carboxylic acids is 1. The summed E-state index contributed by atoms with van der Waals surface area (Å²) in [5.74, 6) is -1.06. The number of carboxylic acid groups (broad SMARTS) is 1. The van der Waals surface area contributed by atoms with Gasteiger partial charge in [-0.3, -0.25) is 14.6 Å². The highest BCUT2D eigenvalue weighted by molar-refractivity contribution is 8.14. The molecule has 1 heterocycles. The number of anilines is 1. The van der Waals surface area contributed by atoms with Crippen LogP contribution >= 0.6 is 11.8 Å². The highest BCUT2D eigenvalue weighted by Gasteiger charge is 2.24. The van der Waals surface area contributed by atoms with Crippen LogP contribution in [0.5, 0.6) is 0 Å². The molecule has 2 atom stereocenters. The maximum Gasteiger partial charge on any atom is 0.305 e. The number of amides is 1. The maximum absolute atomic E-state index is 12.4. The molecule has 0 saturated heterocycles. The van der Waals surface area contributed by atoms with Gasteiger partial charge in [0, 0.05) is 23.0 Å². The molecule has 0 fully saturated rings. The van der Waals surface area contributed by atoms with Crippen LogP contribution in [0, 0.1) is 6.92 Å². The van der Waals surface area contributed by atoms with Crippen molar-refractivity contribution in [1.29, 1.82) is 0 Å². The van der Waals surface area contributed by atoms with Crippen molar-refractivity contribution in [2.75, 3.05) is 11.9 Å². The van der Waals surface area contributed by atoms with E-state index in [1.54, 1.807) is 17.8 Å². The van der Waals surface area contributed by atoms with E-state index in [2.05, 4.69) is 22.5 Å². The number of nitrogens with one attached hydrogen (secondary N) is 2. The van der Waals surface area contributed by atoms with Crippen molar-refractivity contribution in [1.82, 2.24) is 5.32 Å². The van der Waals surface area contributed by atoms with Crippen molar-refractivity contribution >= 4 is 34.5 Å². The molecule has 3 N–H and O–H groups in total. The van der Waals surface area contributed by atoms with E-state index >= 15 is 0 Å². The fourth-order valence-electron chi connectivity index (χ4n) is 2.11. The van der Waals surface area contributed by atoms with Crippen LogP contribution in [-0.4, -0.2) is 40.0 Å². The lowest BCUT2D eigenvalue weighted by Gasteiger charge is -2.11. The fraction of sp³-hybridized carbons (Fsp3) is 0.438. The number of rotatable bonds is 5. The van der Waals surface area contributed by atoms with Crippen molar-refractivity contribution in [3.8, 4) is 0 Å². The molecule has 2 rings (SSSR count). The Bertz CT molecular complexity index is 645. The molecule has 6 nitrogen and oxygen atoms in total. The van der Waals surface area contributed by atoms with Gasteiger partial charge in [0.2, 0.25) is 0 Å². The van der Waals surface area contributed by atoms with E-state index in [4.69, 9.17) is 5.11 Å². The van der Waals surface area contributed by atoms with Crippen LogP contribution in [-0.2, 0) is 4.79 Å². The lowest BCUT2D eigenvalue weighted by molar-refractivity contribution is -0.136. The molecule has 0 saturated carbocycles. The minimum absolute atomic E-state index is 0.0264. The fourth-order valence-corrected chi connectivity index (χ4v) is 3.10. The minimum Gasteiger partial charge on any atom is -0.481 e. The molecular formula is C16H21N3O3S. The molecule has 0 aromatic heterocycles. The normalized spacial score (nSPS) is 20.0. The highest BCUT2D eigenvalue weighted by atomic mass is 32.2. The SMILES string of the molecule is Cc1ccc(NCCC(=O)O)cc1C(=O)NC1=NC(C)C(C)S1. The van der Waals surface area contributed by atoms with E-state index in [1.165, 1.54) is 0 Å². The highest BCUT2D eigenvalue weighted by Crippen LogP contribution is 2.25. The maximum atomic E-state index is 12.4. The Kier molecular flexibility index (Phi) is 5.65. The zero-order valence-corrected chi connectivity index (χ0v) is 14.2. The van der Waals surface area contributed by atoms with Gasteiger partial charge < -0.3 is 15.7 Å². The summed E-state index contributed by atoms with van der Waals surface area (Å²) >= 11 is 1.56. The number of carbonyl (C=O) groups is 2. The van der Waals surface area contributed by atoms with Gasteiger partial charge in [-0.15, -0.1) is 0 Å². The van der Waals surface area contributed by atoms with E-state index in [0.29, 0.717) is 22.5 Å². The van der Waals surface area contributed by atoms with Crippen molar-refractivity contribution in [2.45, 2.75) is 38.5 Å². The second-order valence-electron chi connectivity index (χ2n) is 5.55. The molecule has 1 amide bonds. The Morgan fingerprint density at radius 3 is 2.70 bits per heavy atom. The first kappa shape index (κ1) is 17.3. The number of hydrogen-bond donors (Lipinski definition) is 3. The third-order valence-corrected chi connectivity index (χ3v) is 4.86. The summed E-state index contributed by atoms with van der Waals surface area (Å²) in [6, 6.07) is 5.60. The van der Waals surface area contributed by atoms with Gasteiger partial charge in [0.15, 0.2) is 5.17 Å². The zero-order chi connectivity index (χ0) is 17.0. The van der Waals surface area contributed by atoms with Crippen molar-refractivity contribution in [3.63, 3.8) is 0 Å². The quantitative estimate of drug-likeness (QED) is 0.769. The predicted molar refractivity (Wildman–Crippen MR) is 93.3 cm³/mol. The molecule has 7 heteroatoms. The van der Waals surface area contributed by atoms with E-state index in [0.717, 1.165) is 11.3 Å². The van der Waals surface area contributed by atoms with Gasteiger partial charge in [0.05, 0.1) is 12.5 Å². The summed E-state index contributed by atoms with van der Waals surface area (Å²) in [5.41, 5.74) is 2.14. The average molecular weight is 335 g/mol. The van der Waals surface area contributed by atoms with Crippen LogP contribution in [0.3, 0.4) is 0 Å². The lowest BCUT2D eigenvalue weighted by Crippen LogP contribution is -2.28. The van der Waals surface area contributed by atoms with Crippen molar-refractivity contribution in [3.05, 3.63) is 29.3 Å². The molecule has 0 aliphatic carbocycles. The number of carboxylic acids is 1. The van der Waals surface area contributed by atoms with Gasteiger partial charge in [0.1, 0.15) is 0 Å². The first-order chi connectivity index (χ1) is 10.9. The Balaban J connectivity index is 2.04. The van der Waals surface area contributed by atoms with E-state index in [-0.39, 0.29) is 18.4 Å². The number of thioether (sulfide) groups is 1. The van der Waals surface area contributed by atoms with Crippen LogP contribution in [0.4, 0.5) is 5.69 Å². The van der Waals surface area contributed by atoms with Gasteiger partial charge in [-0.2, -0.15) is 0 Å². The van der Waals surface area contributed by atoms with Gasteiger partial charge in [-0.05, 0) is 31.5 Å². The first-order valence-corrected chi connectivity index (χ1v) is 8.37. The van der Waals surface area contributed by atoms with Crippen LogP contribution in [0.15, 0.2) is 23.2 Å². The molecule has 0 radical (unpaired) electrons. The molecule has 0 bridgehead atoms. The Hall–Kier alpha value is -2.02. The summed E-state index contributed by atoms with van der Waals surface area (Å²) < 4.78 is 0. The van der Waals surface area contributed by atoms with Crippen molar-refractivity contribution in [2.24, 2.45) is 4.99 Å². The zero-order valence-electron chi connectivity index (χ0n) is 13.4. The van der Waals surface area contributed by atoms with E-state index < -0.39 is 5.97 Å². The number of aliphatic imine (C=N–C) groups is 1. The monoisotopic (exact) mass is 335 g/mol. The summed E-state index contributed by atoms with van der Waals surface area (Å²) in [6.45, 7) is 6.28. The number of aliphatic carboxylic acids is 1. The van der Waals surface area contributed by atoms with Crippen LogP contribution < -0.4 is 10.6 Å². The number of amidine groups is 1. The Labute approximate surface area is 139 Å². The molecule has 0 spiro atoms. The lowest BCUT2D eigenvalue weighted by atomic mass is 10.1. The summed E-state index contributed by atoms with van der Waals surface area (Å²) in [5, 5.41) is 15.5. The van der Waals surface area contributed by atoms with Crippen LogP contribution in [0.1, 0.15) is 36.2 Å². The van der Waals surface area contributed by atoms with Crippen LogP contribution in [0.25, 0.3) is 0 Å². The molecule has 23 heavy (non-hydrogen) atoms. The topological polar surface area (TPSA) is 90.8 Å². The summed E-state index contributed by atoms with van der Waals surface area (Å²) in [7, 11) is 0. The average Bonchev–Trinajstić information content (AvgIpc) is 2.78. The summed E-state index contributed by atoms with van der Waals surface area (Å²) in [4.78, 5) is 27.4. The molecule has 1 aromatic carbocycles. The Morgan fingerprint density at radius 1 is 1.35 bits per heavy atom. The first-order valence-electron chi connectivity index (χ1n) is 7.49. The summed E-state index contributed by atoms with van der Waals surface area (Å²) in [6.07, 6.45) is 0.0264. The standard InChI is InChI=1S/C16H21N3O3S/c1-9-4-5-12(17-7-6-14(20)21)8-13(9)15(22)19-16-18-10(2)11(3)23-16/h4-5,8,10-11,17H,6-7H2,1-3H3,(H,20,21)(H,18,19,22). The second-order valence-corrected chi connectivity index (χ2v) is 6.92. The second kappa shape index (κ2) is 7.50. The van der Waals surface area contributed by atoms with E-state index in [9.17, 15) is 9.59 Å². The number of hydrogen-bond acceptors (Lipinski definition) is 5.